The first-order chi connectivity index (χ1) is 22.2. The molecule has 2 aliphatic rings. The van der Waals surface area contributed by atoms with Gasteiger partial charge in [0.1, 0.15) is 22.1 Å². The van der Waals surface area contributed by atoms with Crippen molar-refractivity contribution in [2.24, 2.45) is 4.99 Å². The molecule has 1 aromatic heterocycles. The first-order valence-electron chi connectivity index (χ1n) is 14.9. The van der Waals surface area contributed by atoms with Crippen LogP contribution < -0.4 is 29.3 Å². The van der Waals surface area contributed by atoms with Crippen LogP contribution in [-0.4, -0.2) is 48.6 Å². The number of benzene rings is 3. The van der Waals surface area contributed by atoms with Crippen LogP contribution in [0.1, 0.15) is 43.5 Å². The van der Waals surface area contributed by atoms with Crippen LogP contribution in [0.5, 0.6) is 11.5 Å². The largest absolute Gasteiger partial charge is 0.497 e. The fourth-order valence-corrected chi connectivity index (χ4v) is 7.46. The molecule has 0 aliphatic carbocycles. The first kappa shape index (κ1) is 31.3. The Morgan fingerprint density at radius 3 is 2.41 bits per heavy atom. The molecule has 236 valence electrons. The molecule has 0 saturated carbocycles. The molecule has 2 aliphatic heterocycles. The van der Waals surface area contributed by atoms with Gasteiger partial charge in [0.15, 0.2) is 4.80 Å². The van der Waals surface area contributed by atoms with Crippen LogP contribution in [0.3, 0.4) is 0 Å². The number of fused-ring (bicyclic) bond motifs is 2. The summed E-state index contributed by atoms with van der Waals surface area (Å²) in [5.41, 5.74) is 3.41. The van der Waals surface area contributed by atoms with Gasteiger partial charge in [-0.1, -0.05) is 59.3 Å². The lowest BCUT2D eigenvalue weighted by molar-refractivity contribution is -0.127. The molecule has 0 spiro atoms. The Morgan fingerprint density at radius 1 is 1.00 bits per heavy atom. The first-order valence-corrected chi connectivity index (χ1v) is 16.1. The second-order valence-electron chi connectivity index (χ2n) is 10.9. The third-order valence-electron chi connectivity index (χ3n) is 8.45. The van der Waals surface area contributed by atoms with E-state index in [0.717, 1.165) is 16.9 Å². The van der Waals surface area contributed by atoms with E-state index in [0.29, 0.717) is 68.1 Å². The number of rotatable bonds is 8. The summed E-state index contributed by atoms with van der Waals surface area (Å²) in [5, 5.41) is 0.550. The number of nitrogens with zero attached hydrogens (tertiary/aromatic N) is 4. The van der Waals surface area contributed by atoms with Gasteiger partial charge in [0.05, 0.1) is 43.3 Å². The van der Waals surface area contributed by atoms with Gasteiger partial charge in [-0.2, -0.15) is 0 Å². The van der Waals surface area contributed by atoms with Gasteiger partial charge in [-0.05, 0) is 56.7 Å². The van der Waals surface area contributed by atoms with Gasteiger partial charge >= 0.3 is 0 Å². The van der Waals surface area contributed by atoms with Crippen molar-refractivity contribution in [1.82, 2.24) is 9.47 Å². The van der Waals surface area contributed by atoms with E-state index in [1.807, 2.05) is 56.3 Å². The molecule has 1 atom stereocenters. The normalized spacial score (nSPS) is 16.6. The SMILES string of the molecule is CCN(CC)C(=O)C1=C(C)N=c2s/c(=C3\C(=O)N(Cc4ccccc4Cl)c4ccccc43)c(=O)n2[C@H]1c1cc(OC)ccc1OC. The van der Waals surface area contributed by atoms with Crippen molar-refractivity contribution in [1.29, 1.82) is 0 Å². The van der Waals surface area contributed by atoms with Crippen molar-refractivity contribution in [3.8, 4) is 11.5 Å². The molecule has 0 radical (unpaired) electrons. The molecule has 0 unspecified atom stereocenters. The molecule has 0 saturated heterocycles. The lowest BCUT2D eigenvalue weighted by Gasteiger charge is -2.30. The van der Waals surface area contributed by atoms with Crippen LogP contribution >= 0.6 is 22.9 Å². The zero-order chi connectivity index (χ0) is 32.7. The molecule has 4 aromatic rings. The zero-order valence-corrected chi connectivity index (χ0v) is 27.7. The van der Waals surface area contributed by atoms with Gasteiger partial charge in [-0.25, -0.2) is 4.99 Å². The van der Waals surface area contributed by atoms with Gasteiger partial charge in [-0.15, -0.1) is 0 Å². The van der Waals surface area contributed by atoms with E-state index < -0.39 is 11.6 Å². The molecule has 0 bridgehead atoms. The standard InChI is InChI=1S/C35H33ClN4O5S/c1-6-38(7-2)32(41)28-20(3)37-35-40(30(28)24-18-22(44-4)16-17-27(24)45-5)34(43)31(46-35)29-23-13-9-11-15-26(23)39(33(29)42)19-21-12-8-10-14-25(21)36/h8-18,30H,6-7,19H2,1-5H3/b31-29-/t30-/m0/s1. The average molecular weight is 657 g/mol. The fourth-order valence-electron chi connectivity index (χ4n) is 6.13. The molecule has 46 heavy (non-hydrogen) atoms. The molecule has 2 amide bonds. The number of thiazole rings is 1. The van der Waals surface area contributed by atoms with Crippen molar-refractivity contribution in [3.63, 3.8) is 0 Å². The molecular weight excluding hydrogens is 624 g/mol. The highest BCUT2D eigenvalue weighted by molar-refractivity contribution is 7.07. The van der Waals surface area contributed by atoms with Crippen LogP contribution in [0.2, 0.25) is 5.02 Å². The number of aromatic nitrogens is 1. The fraction of sp³-hybridized carbons (Fsp3) is 0.257. The number of likely N-dealkylation sites (N-methyl/N-ethyl adjacent to an activating group) is 1. The second kappa shape index (κ2) is 12.6. The number of allylic oxidation sites excluding steroid dienone is 1. The second-order valence-corrected chi connectivity index (χ2v) is 12.2. The summed E-state index contributed by atoms with van der Waals surface area (Å²) in [6.45, 7) is 6.80. The van der Waals surface area contributed by atoms with Crippen LogP contribution in [0.25, 0.3) is 5.57 Å². The van der Waals surface area contributed by atoms with Crippen molar-refractivity contribution < 1.29 is 19.1 Å². The quantitative estimate of drug-likeness (QED) is 0.274. The third-order valence-corrected chi connectivity index (χ3v) is 9.87. The molecule has 6 rings (SSSR count). The number of carbonyl (C=O) groups excluding carboxylic acids is 2. The summed E-state index contributed by atoms with van der Waals surface area (Å²) in [5.74, 6) is 0.487. The van der Waals surface area contributed by atoms with Crippen molar-refractivity contribution in [3.05, 3.63) is 119 Å². The molecule has 0 N–H and O–H groups in total. The predicted octanol–water partition coefficient (Wildman–Crippen LogP) is 4.69. The zero-order valence-electron chi connectivity index (χ0n) is 26.2. The maximum Gasteiger partial charge on any atom is 0.271 e. The maximum atomic E-state index is 14.7. The Hall–Kier alpha value is -4.67. The third kappa shape index (κ3) is 5.11. The molecule has 3 heterocycles. The number of hydrogen-bond donors (Lipinski definition) is 0. The lowest BCUT2D eigenvalue weighted by Crippen LogP contribution is -2.43. The van der Waals surface area contributed by atoms with Crippen LogP contribution in [0.15, 0.2) is 87.8 Å². The number of halogens is 1. The van der Waals surface area contributed by atoms with E-state index in [9.17, 15) is 14.4 Å². The Bertz CT molecular complexity index is 2100. The van der Waals surface area contributed by atoms with E-state index in [1.165, 1.54) is 4.57 Å². The number of hydrogen-bond acceptors (Lipinski definition) is 7. The minimum absolute atomic E-state index is 0.229. The topological polar surface area (TPSA) is 93.4 Å². The van der Waals surface area contributed by atoms with Gasteiger partial charge in [0.25, 0.3) is 17.4 Å². The number of para-hydroxylation sites is 1. The van der Waals surface area contributed by atoms with E-state index in [-0.39, 0.29) is 22.9 Å². The van der Waals surface area contributed by atoms with Crippen LogP contribution in [-0.2, 0) is 16.1 Å². The highest BCUT2D eigenvalue weighted by Gasteiger charge is 2.39. The number of carbonyl (C=O) groups is 2. The van der Waals surface area contributed by atoms with E-state index in [2.05, 4.69) is 0 Å². The average Bonchev–Trinajstić information content (AvgIpc) is 3.53. The monoisotopic (exact) mass is 656 g/mol. The predicted molar refractivity (Wildman–Crippen MR) is 179 cm³/mol. The summed E-state index contributed by atoms with van der Waals surface area (Å²) in [7, 11) is 3.10. The summed E-state index contributed by atoms with van der Waals surface area (Å²) < 4.78 is 13.1. The number of amides is 2. The van der Waals surface area contributed by atoms with Gasteiger partial charge in [0, 0.05) is 29.2 Å². The summed E-state index contributed by atoms with van der Waals surface area (Å²) in [6, 6.07) is 19.2. The number of methoxy groups -OCH3 is 2. The summed E-state index contributed by atoms with van der Waals surface area (Å²) in [6.07, 6.45) is 0. The highest BCUT2D eigenvalue weighted by Crippen LogP contribution is 2.39. The lowest BCUT2D eigenvalue weighted by atomic mass is 9.93. The van der Waals surface area contributed by atoms with Crippen molar-refractivity contribution in [2.75, 3.05) is 32.2 Å². The summed E-state index contributed by atoms with van der Waals surface area (Å²) >= 11 is 7.62. The highest BCUT2D eigenvalue weighted by atomic mass is 35.5. The minimum Gasteiger partial charge on any atom is -0.497 e. The van der Waals surface area contributed by atoms with Crippen LogP contribution in [0, 0.1) is 0 Å². The van der Waals surface area contributed by atoms with Gasteiger partial charge < -0.3 is 19.3 Å². The molecular formula is C35H33ClN4O5S. The van der Waals surface area contributed by atoms with E-state index in [1.54, 1.807) is 55.2 Å². The molecule has 3 aromatic carbocycles. The van der Waals surface area contributed by atoms with Crippen LogP contribution in [0.4, 0.5) is 5.69 Å². The molecule has 11 heteroatoms. The number of anilines is 1. The Kier molecular flexibility index (Phi) is 8.59. The van der Waals surface area contributed by atoms with E-state index in [4.69, 9.17) is 26.1 Å². The van der Waals surface area contributed by atoms with Gasteiger partial charge in [0.2, 0.25) is 0 Å². The Labute approximate surface area is 275 Å². The Morgan fingerprint density at radius 2 is 1.72 bits per heavy atom. The molecule has 0 fully saturated rings. The van der Waals surface area contributed by atoms with E-state index >= 15 is 0 Å². The van der Waals surface area contributed by atoms with Crippen molar-refractivity contribution >= 4 is 46.0 Å². The minimum atomic E-state index is -0.880. The maximum absolute atomic E-state index is 14.7. The van der Waals surface area contributed by atoms with Gasteiger partial charge in [-0.3, -0.25) is 19.0 Å². The molecule has 9 nitrogen and oxygen atoms in total. The number of ether oxygens (including phenoxy) is 2. The Balaban J connectivity index is 1.62. The summed E-state index contributed by atoms with van der Waals surface area (Å²) in [4.78, 5) is 51.5. The van der Waals surface area contributed by atoms with Crippen molar-refractivity contribution in [2.45, 2.75) is 33.4 Å². The smallest absolute Gasteiger partial charge is 0.271 e.